The van der Waals surface area contributed by atoms with Crippen molar-refractivity contribution in [2.45, 2.75) is 64.0 Å². The van der Waals surface area contributed by atoms with Gasteiger partial charge in [0.05, 0.1) is 24.3 Å². The molecule has 5 heteroatoms. The summed E-state index contributed by atoms with van der Waals surface area (Å²) in [6, 6.07) is 13.7. The number of amides is 1. The number of H-pyrrole nitrogens is 1. The highest BCUT2D eigenvalue weighted by Crippen LogP contribution is 2.36. The van der Waals surface area contributed by atoms with Crippen LogP contribution in [0.4, 0.5) is 0 Å². The van der Waals surface area contributed by atoms with Crippen LogP contribution in [0.15, 0.2) is 48.7 Å². The van der Waals surface area contributed by atoms with Gasteiger partial charge in [0.2, 0.25) is 0 Å². The Morgan fingerprint density at radius 3 is 2.71 bits per heavy atom. The van der Waals surface area contributed by atoms with Gasteiger partial charge < -0.3 is 20.1 Å². The summed E-state index contributed by atoms with van der Waals surface area (Å²) in [6.07, 6.45) is 7.31. The summed E-state index contributed by atoms with van der Waals surface area (Å²) in [5, 5.41) is 14.1. The van der Waals surface area contributed by atoms with Crippen LogP contribution in [-0.4, -0.2) is 34.8 Å². The lowest BCUT2D eigenvalue weighted by Gasteiger charge is -2.20. The zero-order chi connectivity index (χ0) is 21.8. The minimum atomic E-state index is -0.381. The number of aromatic nitrogens is 1. The van der Waals surface area contributed by atoms with Crippen LogP contribution in [0.25, 0.3) is 10.9 Å². The summed E-state index contributed by atoms with van der Waals surface area (Å²) in [7, 11) is 0. The van der Waals surface area contributed by atoms with Crippen LogP contribution in [0.3, 0.4) is 0 Å². The second-order valence-corrected chi connectivity index (χ2v) is 8.82. The van der Waals surface area contributed by atoms with Crippen molar-refractivity contribution in [1.29, 1.82) is 0 Å². The van der Waals surface area contributed by atoms with Gasteiger partial charge in [-0.25, -0.2) is 0 Å². The Morgan fingerprint density at radius 1 is 1.19 bits per heavy atom. The second kappa shape index (κ2) is 9.56. The Kier molecular flexibility index (Phi) is 6.62. The number of rotatable bonds is 8. The van der Waals surface area contributed by atoms with Crippen molar-refractivity contribution < 1.29 is 14.6 Å². The molecular weight excluding hydrogens is 388 g/mol. The van der Waals surface area contributed by atoms with E-state index in [9.17, 15) is 9.90 Å². The maximum Gasteiger partial charge on any atom is 0.255 e. The van der Waals surface area contributed by atoms with Crippen LogP contribution in [0.1, 0.15) is 66.9 Å². The van der Waals surface area contributed by atoms with E-state index >= 15 is 0 Å². The van der Waals surface area contributed by atoms with Gasteiger partial charge in [-0.15, -0.1) is 0 Å². The summed E-state index contributed by atoms with van der Waals surface area (Å²) in [4.78, 5) is 16.5. The van der Waals surface area contributed by atoms with Crippen molar-refractivity contribution in [1.82, 2.24) is 10.3 Å². The first-order valence-electron chi connectivity index (χ1n) is 11.3. The molecule has 1 atom stereocenters. The number of aromatic amines is 1. The molecule has 0 unspecified atom stereocenters. The fourth-order valence-electron chi connectivity index (χ4n) is 4.59. The lowest BCUT2D eigenvalue weighted by atomic mass is 9.95. The van der Waals surface area contributed by atoms with Gasteiger partial charge in [-0.1, -0.05) is 37.1 Å². The molecule has 164 valence electrons. The van der Waals surface area contributed by atoms with Crippen molar-refractivity contribution in [3.8, 4) is 5.75 Å². The van der Waals surface area contributed by atoms with E-state index in [1.807, 2.05) is 50.4 Å². The summed E-state index contributed by atoms with van der Waals surface area (Å²) in [5.74, 6) is 0.909. The van der Waals surface area contributed by atoms with Crippen LogP contribution in [-0.2, 0) is 6.42 Å². The number of ether oxygens (including phenoxy) is 1. The number of benzene rings is 2. The van der Waals surface area contributed by atoms with Gasteiger partial charge in [-0.2, -0.15) is 0 Å². The number of fused-ring (bicyclic) bond motifs is 1. The van der Waals surface area contributed by atoms with Gasteiger partial charge in [0, 0.05) is 17.1 Å². The van der Waals surface area contributed by atoms with Gasteiger partial charge in [0.25, 0.3) is 5.91 Å². The van der Waals surface area contributed by atoms with Crippen molar-refractivity contribution in [2.24, 2.45) is 0 Å². The quantitative estimate of drug-likeness (QED) is 0.483. The molecule has 3 N–H and O–H groups in total. The van der Waals surface area contributed by atoms with E-state index < -0.39 is 0 Å². The molecule has 1 saturated carbocycles. The lowest BCUT2D eigenvalue weighted by Crippen LogP contribution is -2.39. The van der Waals surface area contributed by atoms with Crippen molar-refractivity contribution in [3.05, 3.63) is 65.4 Å². The number of aliphatic hydroxyl groups is 1. The molecule has 3 aromatic rings. The van der Waals surface area contributed by atoms with Crippen LogP contribution in [0.2, 0.25) is 0 Å². The van der Waals surface area contributed by atoms with Gasteiger partial charge >= 0.3 is 0 Å². The van der Waals surface area contributed by atoms with Gasteiger partial charge in [-0.05, 0) is 68.4 Å². The molecule has 0 spiro atoms. The molecule has 31 heavy (non-hydrogen) atoms. The molecule has 1 aliphatic carbocycles. The Bertz CT molecular complexity index is 1030. The fourth-order valence-corrected chi connectivity index (χ4v) is 4.59. The minimum Gasteiger partial charge on any atom is -0.490 e. The second-order valence-electron chi connectivity index (χ2n) is 8.82. The van der Waals surface area contributed by atoms with E-state index in [0.717, 1.165) is 16.5 Å². The molecule has 1 fully saturated rings. The fraction of sp³-hybridized carbons (Fsp3) is 0.423. The number of carbonyl (C=O) groups is 1. The maximum absolute atomic E-state index is 13.3. The molecule has 0 bridgehead atoms. The summed E-state index contributed by atoms with van der Waals surface area (Å²) in [5.41, 5.74) is 3.89. The van der Waals surface area contributed by atoms with E-state index in [4.69, 9.17) is 4.74 Å². The zero-order valence-corrected chi connectivity index (χ0v) is 18.4. The Morgan fingerprint density at radius 2 is 1.97 bits per heavy atom. The summed E-state index contributed by atoms with van der Waals surface area (Å²) in [6.45, 7) is 3.79. The van der Waals surface area contributed by atoms with Crippen molar-refractivity contribution >= 4 is 16.8 Å². The molecule has 0 aliphatic heterocycles. The van der Waals surface area contributed by atoms with E-state index in [-0.39, 0.29) is 24.7 Å². The Labute approximate surface area is 183 Å². The number of aliphatic hydroxyl groups excluding tert-OH is 1. The van der Waals surface area contributed by atoms with Crippen molar-refractivity contribution in [2.75, 3.05) is 6.61 Å². The maximum atomic E-state index is 13.3. The Hall–Kier alpha value is -2.79. The van der Waals surface area contributed by atoms with Gasteiger partial charge in [0.1, 0.15) is 5.75 Å². The predicted octanol–water partition coefficient (Wildman–Crippen LogP) is 4.95. The minimum absolute atomic E-state index is 0.0243. The highest BCUT2D eigenvalue weighted by Gasteiger charge is 2.23. The van der Waals surface area contributed by atoms with E-state index in [1.165, 1.54) is 31.2 Å². The molecule has 1 heterocycles. The molecule has 2 aromatic carbocycles. The van der Waals surface area contributed by atoms with Crippen LogP contribution >= 0.6 is 0 Å². The monoisotopic (exact) mass is 420 g/mol. The molecule has 0 radical (unpaired) electrons. The van der Waals surface area contributed by atoms with Crippen LogP contribution in [0.5, 0.6) is 5.75 Å². The number of hydrogen-bond donors (Lipinski definition) is 3. The topological polar surface area (TPSA) is 74.3 Å². The van der Waals surface area contributed by atoms with Crippen LogP contribution in [0, 0.1) is 0 Å². The molecule has 5 nitrogen and oxygen atoms in total. The summed E-state index contributed by atoms with van der Waals surface area (Å²) >= 11 is 0. The van der Waals surface area contributed by atoms with E-state index in [1.54, 1.807) is 0 Å². The molecule has 1 amide bonds. The first-order valence-corrected chi connectivity index (χ1v) is 11.3. The summed E-state index contributed by atoms with van der Waals surface area (Å²) < 4.78 is 5.93. The third-order valence-electron chi connectivity index (χ3n) is 6.13. The standard InChI is InChI=1S/C26H32N2O3/c1-17(2)31-25-12-11-19(18-7-3-4-8-18)14-23(25)26(30)28-21(16-29)13-20-15-27-24-10-6-5-9-22(20)24/h5-6,9-12,14-15,17-18,21,27,29H,3-4,7-8,13,16H2,1-2H3,(H,28,30)/t21-/m1/s1. The predicted molar refractivity (Wildman–Crippen MR) is 124 cm³/mol. The Balaban J connectivity index is 1.55. The molecule has 1 aromatic heterocycles. The molecular formula is C26H32N2O3. The van der Waals surface area contributed by atoms with Gasteiger partial charge in [0.15, 0.2) is 0 Å². The first kappa shape index (κ1) is 21.4. The van der Waals surface area contributed by atoms with Gasteiger partial charge in [-0.3, -0.25) is 4.79 Å². The van der Waals surface area contributed by atoms with Crippen LogP contribution < -0.4 is 10.1 Å². The third-order valence-corrected chi connectivity index (χ3v) is 6.13. The van der Waals surface area contributed by atoms with E-state index in [2.05, 4.69) is 22.4 Å². The van der Waals surface area contributed by atoms with E-state index in [0.29, 0.717) is 23.7 Å². The SMILES string of the molecule is CC(C)Oc1ccc(C2CCCC2)cc1C(=O)N[C@@H](CO)Cc1c[nH]c2ccccc12. The number of para-hydroxylation sites is 1. The number of hydrogen-bond acceptors (Lipinski definition) is 3. The number of carbonyl (C=O) groups excluding carboxylic acids is 1. The molecule has 1 aliphatic rings. The lowest BCUT2D eigenvalue weighted by molar-refractivity contribution is 0.0910. The zero-order valence-electron chi connectivity index (χ0n) is 18.4. The highest BCUT2D eigenvalue weighted by molar-refractivity contribution is 5.97. The number of nitrogens with one attached hydrogen (secondary N) is 2. The smallest absolute Gasteiger partial charge is 0.255 e. The molecule has 4 rings (SSSR count). The highest BCUT2D eigenvalue weighted by atomic mass is 16.5. The van der Waals surface area contributed by atoms with Crippen molar-refractivity contribution in [3.63, 3.8) is 0 Å². The first-order chi connectivity index (χ1) is 15.0. The molecule has 0 saturated heterocycles. The largest absolute Gasteiger partial charge is 0.490 e. The third kappa shape index (κ3) is 4.93. The normalized spacial score (nSPS) is 15.5. The average molecular weight is 421 g/mol. The average Bonchev–Trinajstić information content (AvgIpc) is 3.44.